The molecule has 9 rings (SSSR count). The highest BCUT2D eigenvalue weighted by Gasteiger charge is 2.19. The zero-order valence-electron chi connectivity index (χ0n) is 27.9. The molecule has 0 atom stereocenters. The highest BCUT2D eigenvalue weighted by molar-refractivity contribution is 6.10. The molecule has 0 amide bonds. The predicted molar refractivity (Wildman–Crippen MR) is 206 cm³/mol. The fraction of sp³-hybridized carbons (Fsp3) is 0. The first-order valence-electron chi connectivity index (χ1n) is 16.6. The fourth-order valence-electron chi connectivity index (χ4n) is 7.24. The molecule has 9 aromatic rings. The zero-order valence-corrected chi connectivity index (χ0v) is 27.9. The molecule has 0 spiro atoms. The molecule has 0 aliphatic rings. The standard InChI is InChI=1S/C42H22N8O4/c1-44-30-17-29(19-34(22-30)50(53)54)27-10-12-38-36(21-27)42-40(8-4-14-46-42)48(38)32-6-2-5-31(23-32)47-37-11-9-26(20-35(37)41-39(47)7-3-13-45-41)28-15-25(24-43)16-33(18-28)49(51)52/h2-23H. The van der Waals surface area contributed by atoms with Crippen molar-refractivity contribution in [1.29, 1.82) is 5.26 Å². The summed E-state index contributed by atoms with van der Waals surface area (Å²) < 4.78 is 4.25. The third kappa shape index (κ3) is 5.06. The van der Waals surface area contributed by atoms with Crippen molar-refractivity contribution in [2.75, 3.05) is 0 Å². The number of benzene rings is 5. The maximum atomic E-state index is 11.6. The molecule has 0 bridgehead atoms. The smallest absolute Gasteiger partial charge is 0.271 e. The van der Waals surface area contributed by atoms with Crippen LogP contribution in [0.15, 0.2) is 134 Å². The number of rotatable bonds is 6. The largest absolute Gasteiger partial charge is 0.308 e. The van der Waals surface area contributed by atoms with Crippen molar-refractivity contribution in [1.82, 2.24) is 19.1 Å². The van der Waals surface area contributed by atoms with Gasteiger partial charge in [-0.1, -0.05) is 18.2 Å². The lowest BCUT2D eigenvalue weighted by Gasteiger charge is -2.13. The van der Waals surface area contributed by atoms with Crippen LogP contribution in [-0.2, 0) is 0 Å². The number of aromatic nitrogens is 4. The van der Waals surface area contributed by atoms with Crippen molar-refractivity contribution in [3.8, 4) is 39.7 Å². The molecule has 0 unspecified atom stereocenters. The van der Waals surface area contributed by atoms with Crippen molar-refractivity contribution in [2.45, 2.75) is 0 Å². The molecule has 4 aromatic heterocycles. The number of nitro benzene ring substituents is 2. The summed E-state index contributed by atoms with van der Waals surface area (Å²) in [5.74, 6) is 0. The van der Waals surface area contributed by atoms with Gasteiger partial charge in [-0.05, 0) is 101 Å². The van der Waals surface area contributed by atoms with Gasteiger partial charge in [0, 0.05) is 58.8 Å². The Balaban J connectivity index is 1.21. The molecule has 0 saturated carbocycles. The Morgan fingerprint density at radius 2 is 1.13 bits per heavy atom. The number of hydrogen-bond acceptors (Lipinski definition) is 7. The van der Waals surface area contributed by atoms with Gasteiger partial charge in [0.15, 0.2) is 5.69 Å². The Morgan fingerprint density at radius 1 is 0.593 bits per heavy atom. The number of nitrogens with zero attached hydrogens (tertiary/aromatic N) is 8. The van der Waals surface area contributed by atoms with Gasteiger partial charge in [-0.3, -0.25) is 30.2 Å². The monoisotopic (exact) mass is 702 g/mol. The third-order valence-corrected chi connectivity index (χ3v) is 9.55. The van der Waals surface area contributed by atoms with E-state index in [1.165, 1.54) is 24.3 Å². The maximum Gasteiger partial charge on any atom is 0.271 e. The van der Waals surface area contributed by atoms with Crippen LogP contribution in [0.4, 0.5) is 17.1 Å². The van der Waals surface area contributed by atoms with Crippen LogP contribution in [0.1, 0.15) is 5.56 Å². The molecule has 0 saturated heterocycles. The highest BCUT2D eigenvalue weighted by Crippen LogP contribution is 2.38. The molecule has 254 valence electrons. The lowest BCUT2D eigenvalue weighted by Crippen LogP contribution is -1.98. The van der Waals surface area contributed by atoms with E-state index in [1.807, 2.05) is 84.9 Å². The summed E-state index contributed by atoms with van der Waals surface area (Å²) in [5.41, 5.74) is 9.37. The lowest BCUT2D eigenvalue weighted by molar-refractivity contribution is -0.385. The van der Waals surface area contributed by atoms with E-state index in [2.05, 4.69) is 20.0 Å². The predicted octanol–water partition coefficient (Wildman–Crippen LogP) is 10.2. The molecule has 0 aliphatic heterocycles. The minimum absolute atomic E-state index is 0.148. The van der Waals surface area contributed by atoms with Crippen LogP contribution in [0.3, 0.4) is 0 Å². The van der Waals surface area contributed by atoms with E-state index in [4.69, 9.17) is 16.5 Å². The van der Waals surface area contributed by atoms with Crippen molar-refractivity contribution in [3.05, 3.63) is 171 Å². The number of nitriles is 1. The van der Waals surface area contributed by atoms with Gasteiger partial charge in [0.05, 0.1) is 61.2 Å². The first-order valence-corrected chi connectivity index (χ1v) is 16.6. The molecular formula is C42H22N8O4. The van der Waals surface area contributed by atoms with Crippen LogP contribution >= 0.6 is 0 Å². The summed E-state index contributed by atoms with van der Waals surface area (Å²) in [4.78, 5) is 35.2. The Morgan fingerprint density at radius 3 is 1.65 bits per heavy atom. The van der Waals surface area contributed by atoms with Gasteiger partial charge >= 0.3 is 0 Å². The second kappa shape index (κ2) is 12.2. The average Bonchev–Trinajstić information content (AvgIpc) is 3.72. The summed E-state index contributed by atoms with van der Waals surface area (Å²) in [6.07, 6.45) is 3.46. The Labute approximate surface area is 305 Å². The number of nitro groups is 2. The van der Waals surface area contributed by atoms with E-state index in [9.17, 15) is 25.5 Å². The van der Waals surface area contributed by atoms with Crippen molar-refractivity contribution >= 4 is 60.9 Å². The molecule has 0 aliphatic carbocycles. The summed E-state index contributed by atoms with van der Waals surface area (Å²) in [6, 6.07) is 38.2. The zero-order chi connectivity index (χ0) is 37.1. The third-order valence-electron chi connectivity index (χ3n) is 9.55. The van der Waals surface area contributed by atoms with Crippen molar-refractivity contribution < 1.29 is 9.85 Å². The number of hydrogen-bond donors (Lipinski definition) is 0. The number of non-ortho nitro benzene ring substituents is 2. The van der Waals surface area contributed by atoms with Gasteiger partial charge in [-0.25, -0.2) is 4.85 Å². The van der Waals surface area contributed by atoms with E-state index >= 15 is 0 Å². The molecule has 54 heavy (non-hydrogen) atoms. The van der Waals surface area contributed by atoms with E-state index in [0.29, 0.717) is 16.7 Å². The lowest BCUT2D eigenvalue weighted by atomic mass is 10.0. The second-order valence-electron chi connectivity index (χ2n) is 12.6. The van der Waals surface area contributed by atoms with Gasteiger partial charge in [0.2, 0.25) is 0 Å². The van der Waals surface area contributed by atoms with Gasteiger partial charge < -0.3 is 9.13 Å². The average molecular weight is 703 g/mol. The molecule has 12 nitrogen and oxygen atoms in total. The van der Waals surface area contributed by atoms with Crippen LogP contribution in [-0.4, -0.2) is 28.9 Å². The maximum absolute atomic E-state index is 11.6. The van der Waals surface area contributed by atoms with E-state index in [-0.39, 0.29) is 22.6 Å². The van der Waals surface area contributed by atoms with Gasteiger partial charge in [0.25, 0.3) is 11.4 Å². The van der Waals surface area contributed by atoms with Gasteiger partial charge in [0.1, 0.15) is 0 Å². The summed E-state index contributed by atoms with van der Waals surface area (Å²) in [5, 5.41) is 34.5. The Kier molecular flexibility index (Phi) is 7.19. The van der Waals surface area contributed by atoms with Crippen LogP contribution < -0.4 is 0 Å². The normalized spacial score (nSPS) is 11.2. The van der Waals surface area contributed by atoms with E-state index in [0.717, 1.165) is 60.8 Å². The number of pyridine rings is 2. The SMILES string of the molecule is [C-]#[N+]c1cc(-c2ccc3c(c2)c2ncccc2n3-c2cccc(-n3c4ccc(-c5cc(C#N)cc([N+](=O)[O-])c5)cc4c4ncccc43)c2)cc([N+](=O)[O-])c1. The van der Waals surface area contributed by atoms with Gasteiger partial charge in [-0.2, -0.15) is 5.26 Å². The number of fused-ring (bicyclic) bond motifs is 6. The Bertz CT molecular complexity index is 2960. The first kappa shape index (κ1) is 31.7. The molecule has 0 fully saturated rings. The van der Waals surface area contributed by atoms with Crippen molar-refractivity contribution in [2.24, 2.45) is 0 Å². The summed E-state index contributed by atoms with van der Waals surface area (Å²) in [7, 11) is 0. The summed E-state index contributed by atoms with van der Waals surface area (Å²) >= 11 is 0. The molecule has 4 heterocycles. The Hall–Kier alpha value is -8.22. The molecule has 0 N–H and O–H groups in total. The topological polar surface area (TPSA) is 150 Å². The fourth-order valence-corrected chi connectivity index (χ4v) is 7.24. The molecular weight excluding hydrogens is 681 g/mol. The quantitative estimate of drug-likeness (QED) is 0.0950. The van der Waals surface area contributed by atoms with E-state index in [1.54, 1.807) is 24.5 Å². The second-order valence-corrected chi connectivity index (χ2v) is 12.6. The summed E-state index contributed by atoms with van der Waals surface area (Å²) in [6.45, 7) is 7.47. The van der Waals surface area contributed by atoms with Crippen LogP contribution in [0.2, 0.25) is 0 Å². The van der Waals surface area contributed by atoms with Crippen molar-refractivity contribution in [3.63, 3.8) is 0 Å². The molecule has 0 radical (unpaired) electrons. The van der Waals surface area contributed by atoms with Crippen LogP contribution in [0.5, 0.6) is 0 Å². The van der Waals surface area contributed by atoms with E-state index < -0.39 is 9.85 Å². The minimum Gasteiger partial charge on any atom is -0.308 e. The van der Waals surface area contributed by atoms with Crippen LogP contribution in [0.25, 0.3) is 82.3 Å². The van der Waals surface area contributed by atoms with Crippen LogP contribution in [0, 0.1) is 38.1 Å². The first-order chi connectivity index (χ1) is 26.3. The molecule has 12 heteroatoms. The molecule has 5 aromatic carbocycles. The minimum atomic E-state index is -0.501. The highest BCUT2D eigenvalue weighted by atomic mass is 16.6. The van der Waals surface area contributed by atoms with Gasteiger partial charge in [-0.15, -0.1) is 0 Å².